The number of rotatable bonds is 8. The monoisotopic (exact) mass is 326 g/mol. The zero-order chi connectivity index (χ0) is 17.6. The van der Waals surface area contributed by atoms with Crippen LogP contribution in [0.4, 0.5) is 0 Å². The Morgan fingerprint density at radius 2 is 1.71 bits per heavy atom. The minimum Gasteiger partial charge on any atom is -0.396 e. The van der Waals surface area contributed by atoms with E-state index in [0.717, 1.165) is 6.54 Å². The van der Waals surface area contributed by atoms with Gasteiger partial charge < -0.3 is 10.4 Å². The molecular weight excluding hydrogens is 296 g/mol. The molecule has 2 atom stereocenters. The van der Waals surface area contributed by atoms with E-state index in [9.17, 15) is 5.11 Å². The van der Waals surface area contributed by atoms with Crippen molar-refractivity contribution in [1.82, 2.24) is 10.3 Å². The van der Waals surface area contributed by atoms with Crippen molar-refractivity contribution in [3.63, 3.8) is 0 Å². The minimum atomic E-state index is -0.190. The van der Waals surface area contributed by atoms with Crippen LogP contribution in [0.5, 0.6) is 0 Å². The van der Waals surface area contributed by atoms with Gasteiger partial charge in [-0.2, -0.15) is 0 Å². The number of aromatic nitrogens is 1. The van der Waals surface area contributed by atoms with Crippen LogP contribution in [0.1, 0.15) is 50.8 Å². The third-order valence-corrected chi connectivity index (χ3v) is 4.80. The van der Waals surface area contributed by atoms with E-state index in [4.69, 9.17) is 0 Å². The Balaban J connectivity index is 2.20. The zero-order valence-electron chi connectivity index (χ0n) is 15.2. The standard InChI is InChI=1S/C21H30N2O/c1-16(2)20(18-11-8-12-22-13-18)23-14-19(21(3,4)15-24)17-9-6-5-7-10-17/h5-13,16,19-20,23-24H,14-15H2,1-4H3. The number of hydrogen-bond donors (Lipinski definition) is 2. The van der Waals surface area contributed by atoms with Crippen molar-refractivity contribution in [1.29, 1.82) is 0 Å². The van der Waals surface area contributed by atoms with Crippen LogP contribution in [0.15, 0.2) is 54.9 Å². The highest BCUT2D eigenvalue weighted by molar-refractivity contribution is 5.23. The lowest BCUT2D eigenvalue weighted by Gasteiger charge is -2.35. The van der Waals surface area contributed by atoms with Crippen molar-refractivity contribution in [2.24, 2.45) is 11.3 Å². The van der Waals surface area contributed by atoms with Gasteiger partial charge in [-0.25, -0.2) is 0 Å². The first kappa shape index (κ1) is 18.6. The fourth-order valence-corrected chi connectivity index (χ4v) is 3.18. The number of pyridine rings is 1. The van der Waals surface area contributed by atoms with Crippen LogP contribution in [0.2, 0.25) is 0 Å². The van der Waals surface area contributed by atoms with E-state index < -0.39 is 0 Å². The molecule has 0 saturated heterocycles. The molecule has 0 spiro atoms. The van der Waals surface area contributed by atoms with E-state index in [1.165, 1.54) is 11.1 Å². The summed E-state index contributed by atoms with van der Waals surface area (Å²) < 4.78 is 0. The van der Waals surface area contributed by atoms with Gasteiger partial charge in [0, 0.05) is 37.5 Å². The molecule has 2 unspecified atom stereocenters. The highest BCUT2D eigenvalue weighted by atomic mass is 16.3. The predicted molar refractivity (Wildman–Crippen MR) is 99.9 cm³/mol. The van der Waals surface area contributed by atoms with E-state index in [-0.39, 0.29) is 24.0 Å². The van der Waals surface area contributed by atoms with Crippen LogP contribution in [0, 0.1) is 11.3 Å². The highest BCUT2D eigenvalue weighted by Crippen LogP contribution is 2.35. The van der Waals surface area contributed by atoms with Crippen molar-refractivity contribution < 1.29 is 5.11 Å². The topological polar surface area (TPSA) is 45.1 Å². The number of benzene rings is 1. The molecule has 0 fully saturated rings. The average Bonchev–Trinajstić information content (AvgIpc) is 2.59. The average molecular weight is 326 g/mol. The molecule has 3 nitrogen and oxygen atoms in total. The van der Waals surface area contributed by atoms with Crippen molar-refractivity contribution >= 4 is 0 Å². The predicted octanol–water partition coefficient (Wildman–Crippen LogP) is 4.17. The van der Waals surface area contributed by atoms with Crippen molar-refractivity contribution in [3.05, 3.63) is 66.0 Å². The van der Waals surface area contributed by atoms with Gasteiger partial charge in [0.15, 0.2) is 0 Å². The van der Waals surface area contributed by atoms with Crippen LogP contribution in [0.25, 0.3) is 0 Å². The van der Waals surface area contributed by atoms with Gasteiger partial charge in [0.05, 0.1) is 0 Å². The van der Waals surface area contributed by atoms with E-state index in [1.54, 1.807) is 0 Å². The second-order valence-electron chi connectivity index (χ2n) is 7.53. The Morgan fingerprint density at radius 3 is 2.25 bits per heavy atom. The first-order chi connectivity index (χ1) is 11.5. The molecular formula is C21H30N2O. The molecule has 2 N–H and O–H groups in total. The molecule has 1 aromatic heterocycles. The first-order valence-corrected chi connectivity index (χ1v) is 8.75. The molecule has 0 bridgehead atoms. The summed E-state index contributed by atoms with van der Waals surface area (Å²) in [6, 6.07) is 14.8. The van der Waals surface area contributed by atoms with Gasteiger partial charge >= 0.3 is 0 Å². The van der Waals surface area contributed by atoms with Crippen LogP contribution in [0.3, 0.4) is 0 Å². The summed E-state index contributed by atoms with van der Waals surface area (Å²) >= 11 is 0. The fraction of sp³-hybridized carbons (Fsp3) is 0.476. The molecule has 1 aromatic carbocycles. The lowest BCUT2D eigenvalue weighted by Crippen LogP contribution is -2.37. The van der Waals surface area contributed by atoms with Gasteiger partial charge in [-0.3, -0.25) is 4.98 Å². The fourth-order valence-electron chi connectivity index (χ4n) is 3.18. The summed E-state index contributed by atoms with van der Waals surface area (Å²) in [7, 11) is 0. The number of nitrogens with one attached hydrogen (secondary N) is 1. The smallest absolute Gasteiger partial charge is 0.0488 e. The molecule has 0 aliphatic carbocycles. The molecule has 2 rings (SSSR count). The summed E-state index contributed by atoms with van der Waals surface area (Å²) in [5, 5.41) is 13.6. The molecule has 1 heterocycles. The summed E-state index contributed by atoms with van der Waals surface area (Å²) in [4.78, 5) is 4.26. The Bertz CT molecular complexity index is 596. The lowest BCUT2D eigenvalue weighted by atomic mass is 9.75. The molecule has 0 saturated carbocycles. The molecule has 0 aliphatic rings. The Kier molecular flexibility index (Phi) is 6.52. The Labute approximate surface area is 146 Å². The maximum Gasteiger partial charge on any atom is 0.0488 e. The normalized spacial score (nSPS) is 14.6. The largest absolute Gasteiger partial charge is 0.396 e. The first-order valence-electron chi connectivity index (χ1n) is 8.75. The Morgan fingerprint density at radius 1 is 1.04 bits per heavy atom. The maximum absolute atomic E-state index is 9.88. The van der Waals surface area contributed by atoms with Gasteiger partial charge in [-0.05, 0) is 28.5 Å². The third-order valence-electron chi connectivity index (χ3n) is 4.80. The van der Waals surface area contributed by atoms with E-state index in [2.05, 4.69) is 68.3 Å². The molecule has 0 amide bonds. The molecule has 3 heteroatoms. The second kappa shape index (κ2) is 8.41. The molecule has 130 valence electrons. The van der Waals surface area contributed by atoms with Gasteiger partial charge in [0.2, 0.25) is 0 Å². The SMILES string of the molecule is CC(C)C(NCC(c1ccccc1)C(C)(C)CO)c1cccnc1. The van der Waals surface area contributed by atoms with Crippen molar-refractivity contribution in [2.45, 2.75) is 39.7 Å². The van der Waals surface area contributed by atoms with Gasteiger partial charge in [0.25, 0.3) is 0 Å². The molecule has 2 aromatic rings. The number of hydrogen-bond acceptors (Lipinski definition) is 3. The quantitative estimate of drug-likeness (QED) is 0.765. The highest BCUT2D eigenvalue weighted by Gasteiger charge is 2.31. The molecule has 24 heavy (non-hydrogen) atoms. The maximum atomic E-state index is 9.88. The van der Waals surface area contributed by atoms with Crippen molar-refractivity contribution in [3.8, 4) is 0 Å². The summed E-state index contributed by atoms with van der Waals surface area (Å²) in [6.45, 7) is 9.67. The second-order valence-corrected chi connectivity index (χ2v) is 7.53. The summed E-state index contributed by atoms with van der Waals surface area (Å²) in [5.74, 6) is 0.699. The summed E-state index contributed by atoms with van der Waals surface area (Å²) in [6.07, 6.45) is 3.74. The van der Waals surface area contributed by atoms with Crippen LogP contribution < -0.4 is 5.32 Å². The van der Waals surface area contributed by atoms with E-state index in [1.807, 2.05) is 24.5 Å². The van der Waals surface area contributed by atoms with Crippen LogP contribution >= 0.6 is 0 Å². The van der Waals surface area contributed by atoms with E-state index >= 15 is 0 Å². The molecule has 0 radical (unpaired) electrons. The van der Waals surface area contributed by atoms with Gasteiger partial charge in [-0.15, -0.1) is 0 Å². The molecule has 0 aliphatic heterocycles. The van der Waals surface area contributed by atoms with Crippen LogP contribution in [-0.4, -0.2) is 23.2 Å². The van der Waals surface area contributed by atoms with Gasteiger partial charge in [-0.1, -0.05) is 64.1 Å². The van der Waals surface area contributed by atoms with Crippen LogP contribution in [-0.2, 0) is 0 Å². The number of aliphatic hydroxyl groups is 1. The minimum absolute atomic E-state index is 0.160. The Hall–Kier alpha value is -1.71. The van der Waals surface area contributed by atoms with E-state index in [0.29, 0.717) is 5.92 Å². The van der Waals surface area contributed by atoms with Gasteiger partial charge in [0.1, 0.15) is 0 Å². The number of aliphatic hydroxyl groups excluding tert-OH is 1. The zero-order valence-corrected chi connectivity index (χ0v) is 15.2. The third kappa shape index (κ3) is 4.65. The van der Waals surface area contributed by atoms with Crippen molar-refractivity contribution in [2.75, 3.05) is 13.2 Å². The lowest BCUT2D eigenvalue weighted by molar-refractivity contribution is 0.126. The number of nitrogens with zero attached hydrogens (tertiary/aromatic N) is 1. The summed E-state index contributed by atoms with van der Waals surface area (Å²) in [5.41, 5.74) is 2.28.